The summed E-state index contributed by atoms with van der Waals surface area (Å²) in [5.74, 6) is -1.01. The van der Waals surface area contributed by atoms with Crippen LogP contribution in [-0.4, -0.2) is 41.4 Å². The fourth-order valence-electron chi connectivity index (χ4n) is 2.40. The molecule has 0 aliphatic carbocycles. The first-order chi connectivity index (χ1) is 8.10. The molecule has 6 nitrogen and oxygen atoms in total. The summed E-state index contributed by atoms with van der Waals surface area (Å²) >= 11 is 1.82. The van der Waals surface area contributed by atoms with Crippen LogP contribution >= 0.6 is 22.6 Å². The Morgan fingerprint density at radius 3 is 2.50 bits per heavy atom. The number of hydrogen-bond acceptors (Lipinski definition) is 5. The van der Waals surface area contributed by atoms with Crippen molar-refractivity contribution < 1.29 is 22.7 Å². The second-order valence-electron chi connectivity index (χ2n) is 4.90. The Morgan fingerprint density at radius 1 is 1.50 bits per heavy atom. The second-order valence-corrected chi connectivity index (χ2v) is 9.11. The molecule has 2 atom stereocenters. The van der Waals surface area contributed by atoms with E-state index in [4.69, 9.17) is 4.74 Å². The molecule has 0 aromatic carbocycles. The highest BCUT2D eigenvalue weighted by Crippen LogP contribution is 2.46. The van der Waals surface area contributed by atoms with Crippen LogP contribution in [0.3, 0.4) is 0 Å². The van der Waals surface area contributed by atoms with E-state index in [0.29, 0.717) is 4.11 Å². The lowest BCUT2D eigenvalue weighted by molar-refractivity contribution is -0.159. The van der Waals surface area contributed by atoms with Gasteiger partial charge in [0, 0.05) is 0 Å². The molecule has 2 saturated heterocycles. The van der Waals surface area contributed by atoms with Crippen molar-refractivity contribution in [1.82, 2.24) is 4.90 Å². The summed E-state index contributed by atoms with van der Waals surface area (Å²) < 4.78 is 28.5. The number of esters is 1. The van der Waals surface area contributed by atoms with Gasteiger partial charge in [-0.1, -0.05) is 0 Å². The monoisotopic (exact) mass is 386 g/mol. The van der Waals surface area contributed by atoms with E-state index in [1.807, 2.05) is 22.6 Å². The number of halogens is 1. The lowest BCUT2D eigenvalue weighted by Crippen LogP contribution is -2.57. The smallest absolute Gasteiger partial charge is 0.332 e. The Morgan fingerprint density at radius 2 is 2.06 bits per heavy atom. The number of sulfone groups is 1. The number of β-lactam (4-membered cyclic amide) rings is 1. The molecule has 101 valence electrons. The summed E-state index contributed by atoms with van der Waals surface area (Å²) in [7, 11) is -3.54. The topological polar surface area (TPSA) is 80.8 Å². The van der Waals surface area contributed by atoms with Gasteiger partial charge >= 0.3 is 5.97 Å². The fraction of sp³-hybridized carbons (Fsp3) is 0.700. The molecule has 8 heteroatoms. The lowest BCUT2D eigenvalue weighted by Gasteiger charge is -2.36. The van der Waals surface area contributed by atoms with Crippen LogP contribution in [0.5, 0.6) is 0 Å². The van der Waals surface area contributed by atoms with E-state index in [0.717, 1.165) is 4.90 Å². The van der Waals surface area contributed by atoms with Gasteiger partial charge < -0.3 is 9.64 Å². The molecule has 2 rings (SSSR count). The van der Waals surface area contributed by atoms with Crippen LogP contribution in [0.2, 0.25) is 0 Å². The molecule has 2 aliphatic rings. The number of amides is 1. The summed E-state index contributed by atoms with van der Waals surface area (Å²) in [6, 6.07) is -1.06. The first-order valence-electron chi connectivity index (χ1n) is 5.36. The van der Waals surface area contributed by atoms with Crippen LogP contribution in [0.4, 0.5) is 0 Å². The van der Waals surface area contributed by atoms with Gasteiger partial charge in [0.05, 0.1) is 11.2 Å². The highest BCUT2D eigenvalue weighted by Gasteiger charge is 2.68. The van der Waals surface area contributed by atoms with Crippen LogP contribution in [0.1, 0.15) is 27.2 Å². The van der Waals surface area contributed by atoms with Crippen molar-refractivity contribution in [3.05, 3.63) is 4.11 Å². The predicted molar refractivity (Wildman–Crippen MR) is 71.1 cm³/mol. The largest absolute Gasteiger partial charge is 0.442 e. The van der Waals surface area contributed by atoms with Gasteiger partial charge in [0.15, 0.2) is 9.84 Å². The van der Waals surface area contributed by atoms with Gasteiger partial charge in [-0.25, -0.2) is 13.2 Å². The minimum absolute atomic E-state index is 0.0392. The molecular formula is C10H13INO5S. The van der Waals surface area contributed by atoms with Gasteiger partial charge in [0.1, 0.15) is 11.4 Å². The Kier molecular flexibility index (Phi) is 3.16. The van der Waals surface area contributed by atoms with Crippen molar-refractivity contribution >= 4 is 44.3 Å². The zero-order chi connectivity index (χ0) is 13.9. The molecule has 0 aromatic heterocycles. The van der Waals surface area contributed by atoms with E-state index in [1.54, 1.807) is 6.92 Å². The Hall–Kier alpha value is -0.380. The quantitative estimate of drug-likeness (QED) is 0.395. The molecule has 2 fully saturated rings. The van der Waals surface area contributed by atoms with E-state index in [1.165, 1.54) is 13.8 Å². The third-order valence-electron chi connectivity index (χ3n) is 3.44. The van der Waals surface area contributed by atoms with E-state index in [2.05, 4.69) is 0 Å². The van der Waals surface area contributed by atoms with Crippen molar-refractivity contribution in [3.63, 3.8) is 0 Å². The van der Waals surface area contributed by atoms with E-state index in [9.17, 15) is 18.0 Å². The molecule has 18 heavy (non-hydrogen) atoms. The third kappa shape index (κ3) is 1.68. The summed E-state index contributed by atoms with van der Waals surface area (Å²) in [6.07, 6.45) is -0.0392. The van der Waals surface area contributed by atoms with Gasteiger partial charge in [-0.2, -0.15) is 0 Å². The predicted octanol–water partition coefficient (Wildman–Crippen LogP) is 0.608. The summed E-state index contributed by atoms with van der Waals surface area (Å²) in [4.78, 5) is 24.7. The highest BCUT2D eigenvalue weighted by atomic mass is 127. The van der Waals surface area contributed by atoms with Crippen molar-refractivity contribution in [2.45, 2.75) is 43.4 Å². The third-order valence-corrected chi connectivity index (χ3v) is 6.46. The lowest BCUT2D eigenvalue weighted by atomic mass is 9.98. The zero-order valence-corrected chi connectivity index (χ0v) is 13.1. The SMILES string of the molecule is C[C](I)OC(=O)[C@@H]1N2C(=O)C[C@H]2S(=O)(=O)C1(C)C. The van der Waals surface area contributed by atoms with E-state index < -0.39 is 32.0 Å². The Balaban J connectivity index is 2.40. The number of hydrogen-bond donors (Lipinski definition) is 0. The minimum atomic E-state index is -3.54. The second kappa shape index (κ2) is 4.06. The molecule has 0 unspecified atom stereocenters. The van der Waals surface area contributed by atoms with E-state index >= 15 is 0 Å². The first-order valence-corrected chi connectivity index (χ1v) is 7.98. The average molecular weight is 386 g/mol. The number of ether oxygens (including phenoxy) is 1. The molecule has 2 aliphatic heterocycles. The molecule has 0 saturated carbocycles. The molecule has 0 bridgehead atoms. The normalized spacial score (nSPS) is 32.1. The molecule has 0 spiro atoms. The van der Waals surface area contributed by atoms with Crippen LogP contribution in [0.15, 0.2) is 0 Å². The van der Waals surface area contributed by atoms with Gasteiger partial charge in [0.25, 0.3) is 0 Å². The molecule has 1 amide bonds. The highest BCUT2D eigenvalue weighted by molar-refractivity contribution is 14.1. The maximum atomic E-state index is 12.2. The van der Waals surface area contributed by atoms with Crippen LogP contribution < -0.4 is 0 Å². The molecule has 2 heterocycles. The van der Waals surface area contributed by atoms with Gasteiger partial charge in [-0.15, -0.1) is 0 Å². The molecular weight excluding hydrogens is 373 g/mol. The number of rotatable bonds is 2. The maximum Gasteiger partial charge on any atom is 0.332 e. The first kappa shape index (κ1) is 14.0. The molecule has 0 N–H and O–H groups in total. The van der Waals surface area contributed by atoms with Crippen LogP contribution in [0.25, 0.3) is 0 Å². The molecule has 0 aromatic rings. The summed E-state index contributed by atoms with van der Waals surface area (Å²) in [5, 5.41) is -0.868. The Labute approximate surface area is 119 Å². The van der Waals surface area contributed by atoms with Crippen LogP contribution in [0, 0.1) is 4.11 Å². The Bertz CT molecular complexity index is 512. The zero-order valence-electron chi connectivity index (χ0n) is 10.1. The minimum Gasteiger partial charge on any atom is -0.442 e. The number of nitrogens with zero attached hydrogens (tertiary/aromatic N) is 1. The average Bonchev–Trinajstić information content (AvgIpc) is 2.31. The number of fused-ring (bicyclic) bond motifs is 1. The van der Waals surface area contributed by atoms with Crippen molar-refractivity contribution in [2.24, 2.45) is 0 Å². The standard InChI is InChI=1S/C10H13INO5S/c1-5(11)17-9(14)8-10(2,3)18(15,16)7-4-6(13)12(7)8/h7-8H,4H2,1-3H3/t7-,8+/m1/s1. The van der Waals surface area contributed by atoms with Crippen molar-refractivity contribution in [2.75, 3.05) is 0 Å². The fourth-order valence-corrected chi connectivity index (χ4v) is 4.74. The molecule has 1 radical (unpaired) electrons. The number of carbonyl (C=O) groups is 2. The summed E-state index contributed by atoms with van der Waals surface area (Å²) in [5.41, 5.74) is 0. The number of carbonyl (C=O) groups excluding carboxylic acids is 2. The summed E-state index contributed by atoms with van der Waals surface area (Å²) in [6.45, 7) is 4.51. The van der Waals surface area contributed by atoms with Crippen molar-refractivity contribution in [1.29, 1.82) is 0 Å². The van der Waals surface area contributed by atoms with E-state index in [-0.39, 0.29) is 12.3 Å². The van der Waals surface area contributed by atoms with Crippen LogP contribution in [-0.2, 0) is 24.2 Å². The van der Waals surface area contributed by atoms with Gasteiger partial charge in [-0.3, -0.25) is 4.79 Å². The maximum absolute atomic E-state index is 12.2. The van der Waals surface area contributed by atoms with Gasteiger partial charge in [-0.05, 0) is 43.4 Å². The van der Waals surface area contributed by atoms with Gasteiger partial charge in [0.2, 0.25) is 10.0 Å². The van der Waals surface area contributed by atoms with Crippen molar-refractivity contribution in [3.8, 4) is 0 Å².